The first-order valence-electron chi connectivity index (χ1n) is 12.5. The Morgan fingerprint density at radius 2 is 1.97 bits per heavy atom. The molecule has 10 nitrogen and oxygen atoms in total. The summed E-state index contributed by atoms with van der Waals surface area (Å²) >= 11 is 6.69. The van der Waals surface area contributed by atoms with Gasteiger partial charge < -0.3 is 24.6 Å². The van der Waals surface area contributed by atoms with Crippen molar-refractivity contribution in [3.8, 4) is 11.5 Å². The number of rotatable bonds is 5. The Hall–Kier alpha value is -4.02. The van der Waals surface area contributed by atoms with E-state index in [0.29, 0.717) is 51.6 Å². The quantitative estimate of drug-likeness (QED) is 0.333. The van der Waals surface area contributed by atoms with Gasteiger partial charge >= 0.3 is 0 Å². The highest BCUT2D eigenvalue weighted by Gasteiger charge is 2.55. The van der Waals surface area contributed by atoms with Crippen LogP contribution in [0, 0.1) is 12.3 Å². The molecular weight excluding hydrogens is 504 g/mol. The molecule has 11 heteroatoms. The Labute approximate surface area is 223 Å². The average molecular weight is 529 g/mol. The van der Waals surface area contributed by atoms with Crippen molar-refractivity contribution < 1.29 is 9.84 Å². The number of halogens is 1. The molecule has 0 unspecified atom stereocenters. The third-order valence-corrected chi connectivity index (χ3v) is 7.90. The van der Waals surface area contributed by atoms with Crippen molar-refractivity contribution in [1.82, 2.24) is 29.5 Å². The van der Waals surface area contributed by atoms with Gasteiger partial charge in [-0.15, -0.1) is 0 Å². The fourth-order valence-corrected chi connectivity index (χ4v) is 5.35. The van der Waals surface area contributed by atoms with Crippen LogP contribution >= 0.6 is 11.6 Å². The third kappa shape index (κ3) is 3.88. The lowest BCUT2D eigenvalue weighted by Crippen LogP contribution is -2.23. The molecule has 7 rings (SSSR count). The predicted octanol–water partition coefficient (Wildman–Crippen LogP) is 4.77. The molecular formula is C27H25ClN8O2. The highest BCUT2D eigenvalue weighted by molar-refractivity contribution is 6.33. The van der Waals surface area contributed by atoms with E-state index < -0.39 is 0 Å². The highest BCUT2D eigenvalue weighted by Crippen LogP contribution is 2.53. The molecule has 4 heterocycles. The number of imidazole rings is 1. The summed E-state index contributed by atoms with van der Waals surface area (Å²) < 4.78 is 8.12. The molecule has 2 fully saturated rings. The van der Waals surface area contributed by atoms with Crippen molar-refractivity contribution in [2.24, 2.45) is 12.5 Å². The van der Waals surface area contributed by atoms with Gasteiger partial charge in [-0.25, -0.2) is 24.9 Å². The first kappa shape index (κ1) is 23.1. The molecule has 3 aromatic heterocycles. The van der Waals surface area contributed by atoms with Gasteiger partial charge in [-0.3, -0.25) is 0 Å². The molecule has 192 valence electrons. The number of aromatic nitrogens is 6. The number of anilines is 3. The van der Waals surface area contributed by atoms with Crippen molar-refractivity contribution in [1.29, 1.82) is 0 Å². The predicted molar refractivity (Wildman–Crippen MR) is 145 cm³/mol. The number of aryl methyl sites for hydroxylation is 2. The number of aliphatic hydroxyl groups is 1. The van der Waals surface area contributed by atoms with Gasteiger partial charge in [-0.1, -0.05) is 11.6 Å². The van der Waals surface area contributed by atoms with E-state index in [1.54, 1.807) is 18.6 Å². The van der Waals surface area contributed by atoms with Crippen LogP contribution in [-0.4, -0.2) is 53.8 Å². The van der Waals surface area contributed by atoms with Crippen LogP contribution in [0.2, 0.25) is 5.02 Å². The first-order chi connectivity index (χ1) is 18.4. The van der Waals surface area contributed by atoms with Crippen molar-refractivity contribution in [2.75, 3.05) is 23.3 Å². The molecule has 2 aliphatic rings. The van der Waals surface area contributed by atoms with Crippen LogP contribution in [0.25, 0.3) is 22.1 Å². The number of hydrogen-bond acceptors (Lipinski definition) is 9. The number of β-amino-alcohol motifs (C(OH)–C–C–N with tert-alkyl or cyclic N) is 1. The Kier molecular flexibility index (Phi) is 5.17. The summed E-state index contributed by atoms with van der Waals surface area (Å²) in [5.74, 6) is 2.42. The highest BCUT2D eigenvalue weighted by atomic mass is 35.5. The summed E-state index contributed by atoms with van der Waals surface area (Å²) in [6, 6.07) is 9.50. The van der Waals surface area contributed by atoms with Crippen molar-refractivity contribution in [3.05, 3.63) is 59.8 Å². The summed E-state index contributed by atoms with van der Waals surface area (Å²) in [6.45, 7) is 3.25. The molecule has 5 aromatic rings. The first-order valence-corrected chi connectivity index (χ1v) is 12.8. The topological polar surface area (TPSA) is 114 Å². The summed E-state index contributed by atoms with van der Waals surface area (Å²) in [5.41, 5.74) is 4.66. The zero-order valence-corrected chi connectivity index (χ0v) is 21.6. The minimum absolute atomic E-state index is 0.00478. The van der Waals surface area contributed by atoms with Gasteiger partial charge in [0.25, 0.3) is 0 Å². The zero-order valence-electron chi connectivity index (χ0n) is 20.9. The number of nitrogens with one attached hydrogen (secondary N) is 1. The van der Waals surface area contributed by atoms with Gasteiger partial charge in [0.05, 0.1) is 40.4 Å². The monoisotopic (exact) mass is 528 g/mol. The third-order valence-electron chi connectivity index (χ3n) is 7.59. The van der Waals surface area contributed by atoms with Crippen LogP contribution in [-0.2, 0) is 7.05 Å². The van der Waals surface area contributed by atoms with Gasteiger partial charge in [0.15, 0.2) is 5.82 Å². The van der Waals surface area contributed by atoms with Crippen LogP contribution in [0.1, 0.15) is 18.4 Å². The van der Waals surface area contributed by atoms with Crippen molar-refractivity contribution >= 4 is 51.1 Å². The normalized spacial score (nSPS) is 18.0. The van der Waals surface area contributed by atoms with E-state index >= 15 is 0 Å². The van der Waals surface area contributed by atoms with Crippen molar-refractivity contribution in [3.63, 3.8) is 0 Å². The number of aliphatic hydroxyl groups excluding tert-OH is 1. The second kappa shape index (κ2) is 8.50. The Balaban J connectivity index is 1.17. The van der Waals surface area contributed by atoms with Gasteiger partial charge in [0.2, 0.25) is 5.95 Å². The molecule has 38 heavy (non-hydrogen) atoms. The van der Waals surface area contributed by atoms with Gasteiger partial charge in [0.1, 0.15) is 28.9 Å². The smallest absolute Gasteiger partial charge is 0.226 e. The number of nitrogens with zero attached hydrogens (tertiary/aromatic N) is 7. The SMILES string of the molecule is Cc1cc(Nc2ncnc3cnc(N4C[C@@H](O)C5(CC5)C4)nc23)c(Cl)cc1Oc1ccc2c(c1)ncn2C. The van der Waals surface area contributed by atoms with Gasteiger partial charge in [0, 0.05) is 37.7 Å². The maximum absolute atomic E-state index is 10.5. The van der Waals surface area contributed by atoms with E-state index in [0.717, 1.165) is 36.0 Å². The van der Waals surface area contributed by atoms with E-state index in [9.17, 15) is 5.11 Å². The summed E-state index contributed by atoms with van der Waals surface area (Å²) in [7, 11) is 1.96. The van der Waals surface area contributed by atoms with E-state index in [2.05, 4.69) is 25.3 Å². The zero-order chi connectivity index (χ0) is 26.0. The van der Waals surface area contributed by atoms with Gasteiger partial charge in [-0.2, -0.15) is 0 Å². The standard InChI is InChI=1S/C27H25ClN8O2/c1-15-7-18(17(28)9-22(15)38-16-3-4-21-19(8-16)32-14-35(21)2)33-25-24-20(30-13-31-25)10-29-26(34-24)36-11-23(37)27(12-36)5-6-27/h3-4,7-10,13-14,23,37H,5-6,11-12H2,1-2H3,(H,30,31,33)/t23-/m1/s1. The second-order valence-electron chi connectivity index (χ2n) is 10.2. The fourth-order valence-electron chi connectivity index (χ4n) is 5.15. The summed E-state index contributed by atoms with van der Waals surface area (Å²) in [4.78, 5) is 24.5. The molecule has 1 spiro atoms. The number of hydrogen-bond donors (Lipinski definition) is 2. The molecule has 1 atom stereocenters. The van der Waals surface area contributed by atoms with Crippen LogP contribution < -0.4 is 15.0 Å². The maximum Gasteiger partial charge on any atom is 0.226 e. The van der Waals surface area contributed by atoms with Gasteiger partial charge in [-0.05, 0) is 43.5 Å². The lowest BCUT2D eigenvalue weighted by molar-refractivity contribution is 0.136. The van der Waals surface area contributed by atoms with E-state index in [1.807, 2.05) is 47.7 Å². The van der Waals surface area contributed by atoms with E-state index in [4.69, 9.17) is 21.3 Å². The molecule has 1 saturated carbocycles. The molecule has 1 aliphatic heterocycles. The lowest BCUT2D eigenvalue weighted by atomic mass is 10.0. The van der Waals surface area contributed by atoms with E-state index in [1.165, 1.54) is 6.33 Å². The molecule has 0 amide bonds. The van der Waals surface area contributed by atoms with Crippen LogP contribution in [0.5, 0.6) is 11.5 Å². The summed E-state index contributed by atoms with van der Waals surface area (Å²) in [5, 5.41) is 14.3. The lowest BCUT2D eigenvalue weighted by Gasteiger charge is -2.17. The van der Waals surface area contributed by atoms with Crippen molar-refractivity contribution in [2.45, 2.75) is 25.9 Å². The molecule has 0 bridgehead atoms. The molecule has 2 aromatic carbocycles. The molecule has 1 saturated heterocycles. The Morgan fingerprint density at radius 3 is 2.79 bits per heavy atom. The molecule has 2 N–H and O–H groups in total. The van der Waals surface area contributed by atoms with Crippen LogP contribution in [0.3, 0.4) is 0 Å². The Morgan fingerprint density at radius 1 is 1.11 bits per heavy atom. The van der Waals surface area contributed by atoms with E-state index in [-0.39, 0.29) is 11.5 Å². The largest absolute Gasteiger partial charge is 0.457 e. The minimum Gasteiger partial charge on any atom is -0.457 e. The minimum atomic E-state index is -0.347. The summed E-state index contributed by atoms with van der Waals surface area (Å²) in [6.07, 6.45) is 6.68. The molecule has 0 radical (unpaired) electrons. The fraction of sp³-hybridized carbons (Fsp3) is 0.296. The van der Waals surface area contributed by atoms with Crippen LogP contribution in [0.15, 0.2) is 49.2 Å². The number of benzene rings is 2. The number of fused-ring (bicyclic) bond motifs is 2. The molecule has 1 aliphatic carbocycles. The van der Waals surface area contributed by atoms with Crippen LogP contribution in [0.4, 0.5) is 17.5 Å². The average Bonchev–Trinajstić information content (AvgIpc) is 3.50. The second-order valence-corrected chi connectivity index (χ2v) is 10.6. The maximum atomic E-state index is 10.5. The number of ether oxygens (including phenoxy) is 1. The Bertz CT molecular complexity index is 1720.